The van der Waals surface area contributed by atoms with Crippen LogP contribution < -0.4 is 5.32 Å². The molecule has 0 aliphatic rings. The van der Waals surface area contributed by atoms with Crippen LogP contribution in [0, 0.1) is 0 Å². The number of rotatable bonds is 2. The lowest BCUT2D eigenvalue weighted by atomic mass is 10.3. The Morgan fingerprint density at radius 1 is 1.29 bits per heavy atom. The number of alkyl halides is 1. The predicted molar refractivity (Wildman–Crippen MR) is 60.4 cm³/mol. The molecule has 0 aliphatic heterocycles. The predicted octanol–water partition coefficient (Wildman–Crippen LogP) is 3.56. The lowest BCUT2D eigenvalue weighted by Gasteiger charge is -2.07. The van der Waals surface area contributed by atoms with E-state index in [2.05, 4.69) is 5.32 Å². The van der Waals surface area contributed by atoms with E-state index in [9.17, 15) is 4.79 Å². The molecule has 0 aliphatic carbocycles. The Kier molecular flexibility index (Phi) is 4.05. The molecular weight excluding hydrogens is 244 g/mol. The average Bonchev–Trinajstić information content (AvgIpc) is 2.01. The van der Waals surface area contributed by atoms with Gasteiger partial charge in [-0.2, -0.15) is 0 Å². The highest BCUT2D eigenvalue weighted by Crippen LogP contribution is 2.22. The van der Waals surface area contributed by atoms with E-state index in [1.165, 1.54) is 0 Å². The summed E-state index contributed by atoms with van der Waals surface area (Å²) in [6, 6.07) is 4.79. The van der Waals surface area contributed by atoms with Crippen molar-refractivity contribution in [3.05, 3.63) is 28.2 Å². The lowest BCUT2D eigenvalue weighted by Crippen LogP contribution is -2.20. The van der Waals surface area contributed by atoms with E-state index < -0.39 is 5.38 Å². The fourth-order valence-electron chi connectivity index (χ4n) is 0.868. The Morgan fingerprint density at radius 3 is 2.21 bits per heavy atom. The molecule has 0 saturated heterocycles. The van der Waals surface area contributed by atoms with Gasteiger partial charge in [0.2, 0.25) is 5.91 Å². The minimum atomic E-state index is -0.590. The SMILES string of the molecule is CC(Cl)C(=O)Nc1cc(Cl)cc(Cl)c1. The summed E-state index contributed by atoms with van der Waals surface area (Å²) in [5, 5.41) is 2.93. The number of benzene rings is 1. The van der Waals surface area contributed by atoms with Crippen molar-refractivity contribution in [1.29, 1.82) is 0 Å². The molecule has 2 nitrogen and oxygen atoms in total. The first-order valence-electron chi connectivity index (χ1n) is 3.90. The summed E-state index contributed by atoms with van der Waals surface area (Å²) < 4.78 is 0. The number of hydrogen-bond acceptors (Lipinski definition) is 1. The number of carbonyl (C=O) groups excluding carboxylic acids is 1. The molecule has 1 aromatic rings. The second-order valence-corrected chi connectivity index (χ2v) is 4.29. The van der Waals surface area contributed by atoms with E-state index in [-0.39, 0.29) is 5.91 Å². The summed E-state index contributed by atoms with van der Waals surface area (Å²) in [5.41, 5.74) is 0.542. The molecule has 0 heterocycles. The summed E-state index contributed by atoms with van der Waals surface area (Å²) in [7, 11) is 0. The van der Waals surface area contributed by atoms with Crippen LogP contribution in [0.1, 0.15) is 6.92 Å². The fourth-order valence-corrected chi connectivity index (χ4v) is 1.45. The lowest BCUT2D eigenvalue weighted by molar-refractivity contribution is -0.115. The quantitative estimate of drug-likeness (QED) is 0.801. The van der Waals surface area contributed by atoms with Gasteiger partial charge in [-0.15, -0.1) is 11.6 Å². The van der Waals surface area contributed by atoms with Crippen LogP contribution in [0.3, 0.4) is 0 Å². The van der Waals surface area contributed by atoms with Crippen molar-refractivity contribution >= 4 is 46.4 Å². The largest absolute Gasteiger partial charge is 0.325 e. The van der Waals surface area contributed by atoms with Crippen LogP contribution >= 0.6 is 34.8 Å². The molecular formula is C9H8Cl3NO. The minimum Gasteiger partial charge on any atom is -0.325 e. The molecule has 0 aromatic heterocycles. The van der Waals surface area contributed by atoms with Gasteiger partial charge in [-0.05, 0) is 25.1 Å². The van der Waals surface area contributed by atoms with Gasteiger partial charge in [-0.25, -0.2) is 0 Å². The number of carbonyl (C=O) groups is 1. The van der Waals surface area contributed by atoms with E-state index >= 15 is 0 Å². The normalized spacial score (nSPS) is 12.3. The molecule has 0 fully saturated rings. The Labute approximate surface area is 97.1 Å². The molecule has 1 N–H and O–H groups in total. The van der Waals surface area contributed by atoms with Gasteiger partial charge in [0.25, 0.3) is 0 Å². The van der Waals surface area contributed by atoms with Crippen molar-refractivity contribution in [1.82, 2.24) is 0 Å². The molecule has 14 heavy (non-hydrogen) atoms. The maximum absolute atomic E-state index is 11.2. The van der Waals surface area contributed by atoms with E-state index in [4.69, 9.17) is 34.8 Å². The molecule has 1 rings (SSSR count). The molecule has 1 amide bonds. The summed E-state index contributed by atoms with van der Waals surface area (Å²) in [4.78, 5) is 11.2. The number of amides is 1. The first kappa shape index (κ1) is 11.6. The third-order valence-corrected chi connectivity index (χ3v) is 2.13. The van der Waals surface area contributed by atoms with Gasteiger partial charge >= 0.3 is 0 Å². The Bertz CT molecular complexity index is 332. The molecule has 0 saturated carbocycles. The van der Waals surface area contributed by atoms with Crippen molar-refractivity contribution in [3.8, 4) is 0 Å². The van der Waals surface area contributed by atoms with Crippen molar-refractivity contribution < 1.29 is 4.79 Å². The topological polar surface area (TPSA) is 29.1 Å². The van der Waals surface area contributed by atoms with Gasteiger partial charge in [0.1, 0.15) is 5.38 Å². The summed E-state index contributed by atoms with van der Waals surface area (Å²) in [6.45, 7) is 1.59. The molecule has 1 unspecified atom stereocenters. The third kappa shape index (κ3) is 3.37. The first-order valence-corrected chi connectivity index (χ1v) is 5.09. The van der Waals surface area contributed by atoms with Gasteiger partial charge in [0.15, 0.2) is 0 Å². The molecule has 76 valence electrons. The van der Waals surface area contributed by atoms with Gasteiger partial charge in [-0.1, -0.05) is 23.2 Å². The second kappa shape index (κ2) is 4.87. The van der Waals surface area contributed by atoms with Crippen LogP contribution in [0.5, 0.6) is 0 Å². The molecule has 1 atom stereocenters. The number of halogens is 3. The zero-order valence-electron chi connectivity index (χ0n) is 7.35. The van der Waals surface area contributed by atoms with Gasteiger partial charge in [0, 0.05) is 15.7 Å². The van der Waals surface area contributed by atoms with Crippen molar-refractivity contribution in [2.75, 3.05) is 5.32 Å². The van der Waals surface area contributed by atoms with Gasteiger partial charge < -0.3 is 5.32 Å². The smallest absolute Gasteiger partial charge is 0.242 e. The van der Waals surface area contributed by atoms with Crippen molar-refractivity contribution in [2.24, 2.45) is 0 Å². The highest BCUT2D eigenvalue weighted by atomic mass is 35.5. The molecule has 0 spiro atoms. The number of nitrogens with one attached hydrogen (secondary N) is 1. The maximum Gasteiger partial charge on any atom is 0.242 e. The van der Waals surface area contributed by atoms with E-state index in [0.717, 1.165) is 0 Å². The number of anilines is 1. The summed E-state index contributed by atoms with van der Waals surface area (Å²) in [6.07, 6.45) is 0. The number of hydrogen-bond donors (Lipinski definition) is 1. The van der Waals surface area contributed by atoms with Crippen LogP contribution in [0.15, 0.2) is 18.2 Å². The first-order chi connectivity index (χ1) is 6.49. The summed E-state index contributed by atoms with van der Waals surface area (Å²) >= 11 is 17.1. The van der Waals surface area contributed by atoms with E-state index in [1.54, 1.807) is 25.1 Å². The van der Waals surface area contributed by atoms with Crippen LogP contribution in [0.4, 0.5) is 5.69 Å². The average molecular weight is 253 g/mol. The molecule has 5 heteroatoms. The van der Waals surface area contributed by atoms with E-state index in [1.807, 2.05) is 0 Å². The third-order valence-electron chi connectivity index (χ3n) is 1.49. The van der Waals surface area contributed by atoms with Crippen LogP contribution in [0.2, 0.25) is 10.0 Å². The zero-order valence-corrected chi connectivity index (χ0v) is 9.62. The van der Waals surface area contributed by atoms with Gasteiger partial charge in [-0.3, -0.25) is 4.79 Å². The van der Waals surface area contributed by atoms with Crippen LogP contribution in [-0.2, 0) is 4.79 Å². The van der Waals surface area contributed by atoms with Gasteiger partial charge in [0.05, 0.1) is 0 Å². The monoisotopic (exact) mass is 251 g/mol. The summed E-state index contributed by atoms with van der Waals surface area (Å²) in [5.74, 6) is -0.287. The fraction of sp³-hybridized carbons (Fsp3) is 0.222. The minimum absolute atomic E-state index is 0.287. The molecule has 0 radical (unpaired) electrons. The Morgan fingerprint density at radius 2 is 1.79 bits per heavy atom. The van der Waals surface area contributed by atoms with Crippen LogP contribution in [0.25, 0.3) is 0 Å². The zero-order chi connectivity index (χ0) is 10.7. The highest BCUT2D eigenvalue weighted by molar-refractivity contribution is 6.35. The molecule has 1 aromatic carbocycles. The highest BCUT2D eigenvalue weighted by Gasteiger charge is 2.09. The molecule has 0 bridgehead atoms. The Balaban J connectivity index is 2.82. The standard InChI is InChI=1S/C9H8Cl3NO/c1-5(10)9(14)13-8-3-6(11)2-7(12)4-8/h2-5H,1H3,(H,13,14). The van der Waals surface area contributed by atoms with Crippen molar-refractivity contribution in [3.63, 3.8) is 0 Å². The van der Waals surface area contributed by atoms with E-state index in [0.29, 0.717) is 15.7 Å². The maximum atomic E-state index is 11.2. The second-order valence-electron chi connectivity index (χ2n) is 2.76. The van der Waals surface area contributed by atoms with Crippen LogP contribution in [-0.4, -0.2) is 11.3 Å². The van der Waals surface area contributed by atoms with Crippen molar-refractivity contribution in [2.45, 2.75) is 12.3 Å². The Hall–Kier alpha value is -0.440.